The van der Waals surface area contributed by atoms with Gasteiger partial charge in [-0.2, -0.15) is 0 Å². The largest absolute Gasteiger partial charge is 0.480 e. The highest BCUT2D eigenvalue weighted by Crippen LogP contribution is 2.39. The summed E-state index contributed by atoms with van der Waals surface area (Å²) < 4.78 is 0. The molecule has 86 valence electrons. The number of pyridine rings is 1. The Labute approximate surface area is 98.3 Å². The molecule has 0 unspecified atom stereocenters. The molecule has 2 aromatic rings. The van der Waals surface area contributed by atoms with E-state index >= 15 is 0 Å². The number of carboxylic acids is 1. The highest BCUT2D eigenvalue weighted by atomic mass is 16.4. The second-order valence-corrected chi connectivity index (χ2v) is 4.39. The summed E-state index contributed by atoms with van der Waals surface area (Å²) in [5, 5.41) is 14.2. The minimum Gasteiger partial charge on any atom is -0.480 e. The van der Waals surface area contributed by atoms with Crippen molar-refractivity contribution >= 4 is 22.6 Å². The van der Waals surface area contributed by atoms with Gasteiger partial charge in [0.1, 0.15) is 11.4 Å². The molecule has 0 aliphatic heterocycles. The Balaban J connectivity index is 2.04. The molecule has 4 nitrogen and oxygen atoms in total. The lowest BCUT2D eigenvalue weighted by Gasteiger charge is -2.14. The second kappa shape index (κ2) is 3.45. The molecule has 0 radical (unpaired) electrons. The van der Waals surface area contributed by atoms with E-state index in [9.17, 15) is 4.79 Å². The third kappa shape index (κ3) is 1.62. The Kier molecular flexibility index (Phi) is 2.04. The van der Waals surface area contributed by atoms with Crippen molar-refractivity contribution in [3.05, 3.63) is 36.5 Å². The van der Waals surface area contributed by atoms with Crippen molar-refractivity contribution in [1.29, 1.82) is 0 Å². The van der Waals surface area contributed by atoms with Crippen LogP contribution in [-0.2, 0) is 4.79 Å². The van der Waals surface area contributed by atoms with Gasteiger partial charge in [-0.1, -0.05) is 24.3 Å². The molecule has 1 fully saturated rings. The Hall–Kier alpha value is -2.10. The summed E-state index contributed by atoms with van der Waals surface area (Å²) in [6.07, 6.45) is 3.02. The van der Waals surface area contributed by atoms with E-state index in [1.54, 1.807) is 6.20 Å². The maximum Gasteiger partial charge on any atom is 0.329 e. The number of fused-ring (bicyclic) bond motifs is 1. The van der Waals surface area contributed by atoms with Crippen molar-refractivity contribution in [1.82, 2.24) is 4.98 Å². The van der Waals surface area contributed by atoms with Crippen LogP contribution in [-0.4, -0.2) is 21.6 Å². The average molecular weight is 228 g/mol. The average Bonchev–Trinajstić information content (AvgIpc) is 3.11. The first kappa shape index (κ1) is 10.1. The first-order valence-corrected chi connectivity index (χ1v) is 5.57. The summed E-state index contributed by atoms with van der Waals surface area (Å²) in [6.45, 7) is 0. The van der Waals surface area contributed by atoms with Crippen LogP contribution in [0.5, 0.6) is 0 Å². The summed E-state index contributed by atoms with van der Waals surface area (Å²) in [5.41, 5.74) is -0.795. The molecule has 0 spiro atoms. The van der Waals surface area contributed by atoms with Gasteiger partial charge in [-0.05, 0) is 24.3 Å². The van der Waals surface area contributed by atoms with E-state index in [1.165, 1.54) is 0 Å². The fraction of sp³-hybridized carbons (Fsp3) is 0.231. The first-order valence-electron chi connectivity index (χ1n) is 5.57. The lowest BCUT2D eigenvalue weighted by Crippen LogP contribution is -2.31. The maximum atomic E-state index is 11.1. The molecule has 1 aromatic heterocycles. The predicted molar refractivity (Wildman–Crippen MR) is 65.0 cm³/mol. The molecular formula is C13H12N2O2. The van der Waals surface area contributed by atoms with Crippen LogP contribution in [0.2, 0.25) is 0 Å². The molecule has 1 aliphatic carbocycles. The van der Waals surface area contributed by atoms with Gasteiger partial charge in [0.25, 0.3) is 0 Å². The molecule has 3 rings (SSSR count). The van der Waals surface area contributed by atoms with Crippen LogP contribution in [0.4, 0.5) is 5.82 Å². The fourth-order valence-electron chi connectivity index (χ4n) is 1.96. The van der Waals surface area contributed by atoms with Gasteiger partial charge in [-0.3, -0.25) is 0 Å². The zero-order valence-electron chi connectivity index (χ0n) is 9.18. The highest BCUT2D eigenvalue weighted by molar-refractivity contribution is 5.95. The number of nitrogens with zero attached hydrogens (tertiary/aromatic N) is 1. The van der Waals surface area contributed by atoms with Crippen LogP contribution in [0.3, 0.4) is 0 Å². The van der Waals surface area contributed by atoms with E-state index in [-0.39, 0.29) is 0 Å². The van der Waals surface area contributed by atoms with Crippen molar-refractivity contribution in [3.8, 4) is 0 Å². The molecule has 1 aromatic carbocycles. The summed E-state index contributed by atoms with van der Waals surface area (Å²) in [6, 6.07) is 9.73. The van der Waals surface area contributed by atoms with E-state index < -0.39 is 11.5 Å². The number of hydrogen-bond donors (Lipinski definition) is 2. The molecule has 0 atom stereocenters. The zero-order valence-corrected chi connectivity index (χ0v) is 9.18. The normalized spacial score (nSPS) is 16.7. The summed E-state index contributed by atoms with van der Waals surface area (Å²) in [5.74, 6) is -0.143. The Bertz CT molecular complexity index is 585. The van der Waals surface area contributed by atoms with Crippen LogP contribution in [0.1, 0.15) is 12.8 Å². The number of aromatic nitrogens is 1. The van der Waals surface area contributed by atoms with Crippen LogP contribution in [0.15, 0.2) is 36.5 Å². The lowest BCUT2D eigenvalue weighted by atomic mass is 10.1. The molecule has 4 heteroatoms. The summed E-state index contributed by atoms with van der Waals surface area (Å²) in [4.78, 5) is 15.4. The van der Waals surface area contributed by atoms with Gasteiger partial charge in [-0.25, -0.2) is 9.78 Å². The van der Waals surface area contributed by atoms with E-state index in [2.05, 4.69) is 10.3 Å². The minimum absolute atomic E-state index is 0.656. The van der Waals surface area contributed by atoms with Gasteiger partial charge in [0.2, 0.25) is 0 Å². The molecular weight excluding hydrogens is 216 g/mol. The van der Waals surface area contributed by atoms with E-state index in [0.29, 0.717) is 18.7 Å². The van der Waals surface area contributed by atoms with Crippen LogP contribution < -0.4 is 5.32 Å². The Morgan fingerprint density at radius 2 is 2.06 bits per heavy atom. The smallest absolute Gasteiger partial charge is 0.329 e. The summed E-state index contributed by atoms with van der Waals surface area (Å²) in [7, 11) is 0. The minimum atomic E-state index is -0.799. The SMILES string of the molecule is O=C(O)C1(Nc2nccc3ccccc23)CC1. The number of carboxylic acid groups (broad SMARTS) is 1. The number of rotatable bonds is 3. The van der Waals surface area contributed by atoms with Gasteiger partial charge >= 0.3 is 5.97 Å². The van der Waals surface area contributed by atoms with Crippen molar-refractivity contribution < 1.29 is 9.90 Å². The second-order valence-electron chi connectivity index (χ2n) is 4.39. The molecule has 0 amide bonds. The van der Waals surface area contributed by atoms with Crippen molar-refractivity contribution in [3.63, 3.8) is 0 Å². The lowest BCUT2D eigenvalue weighted by molar-refractivity contribution is -0.138. The van der Waals surface area contributed by atoms with Crippen molar-refractivity contribution in [2.45, 2.75) is 18.4 Å². The third-order valence-corrected chi connectivity index (χ3v) is 3.19. The monoisotopic (exact) mass is 228 g/mol. The predicted octanol–water partition coefficient (Wildman–Crippen LogP) is 2.26. The van der Waals surface area contributed by atoms with E-state index in [1.807, 2.05) is 30.3 Å². The highest BCUT2D eigenvalue weighted by Gasteiger charge is 2.50. The van der Waals surface area contributed by atoms with E-state index in [0.717, 1.165) is 10.8 Å². The van der Waals surface area contributed by atoms with Gasteiger partial charge < -0.3 is 10.4 Å². The van der Waals surface area contributed by atoms with Gasteiger partial charge in [0.05, 0.1) is 0 Å². The van der Waals surface area contributed by atoms with Crippen molar-refractivity contribution in [2.24, 2.45) is 0 Å². The Morgan fingerprint density at radius 3 is 2.76 bits per heavy atom. The molecule has 1 aliphatic rings. The number of anilines is 1. The molecule has 0 saturated heterocycles. The zero-order chi connectivity index (χ0) is 11.9. The number of hydrogen-bond acceptors (Lipinski definition) is 3. The number of carbonyl (C=O) groups is 1. The van der Waals surface area contributed by atoms with Crippen LogP contribution in [0, 0.1) is 0 Å². The van der Waals surface area contributed by atoms with Gasteiger partial charge in [0, 0.05) is 11.6 Å². The van der Waals surface area contributed by atoms with Crippen LogP contribution in [0.25, 0.3) is 10.8 Å². The molecule has 1 saturated carbocycles. The van der Waals surface area contributed by atoms with Crippen LogP contribution >= 0.6 is 0 Å². The topological polar surface area (TPSA) is 62.2 Å². The van der Waals surface area contributed by atoms with E-state index in [4.69, 9.17) is 5.11 Å². The quantitative estimate of drug-likeness (QED) is 0.845. The number of aliphatic carboxylic acids is 1. The summed E-state index contributed by atoms with van der Waals surface area (Å²) >= 11 is 0. The molecule has 0 bridgehead atoms. The first-order chi connectivity index (χ1) is 8.21. The van der Waals surface area contributed by atoms with Gasteiger partial charge in [0.15, 0.2) is 0 Å². The van der Waals surface area contributed by atoms with Crippen molar-refractivity contribution in [2.75, 3.05) is 5.32 Å². The van der Waals surface area contributed by atoms with Gasteiger partial charge in [-0.15, -0.1) is 0 Å². The fourth-order valence-corrected chi connectivity index (χ4v) is 1.96. The molecule has 17 heavy (non-hydrogen) atoms. The third-order valence-electron chi connectivity index (χ3n) is 3.19. The Morgan fingerprint density at radius 1 is 1.29 bits per heavy atom. The maximum absolute atomic E-state index is 11.1. The molecule has 1 heterocycles. The molecule has 2 N–H and O–H groups in total. The number of benzene rings is 1. The number of nitrogens with one attached hydrogen (secondary N) is 1. The standard InChI is InChI=1S/C13H12N2O2/c16-12(17)13(6-7-13)15-11-10-4-2-1-3-9(10)5-8-14-11/h1-5,8H,6-7H2,(H,14,15)(H,16,17).